The van der Waals surface area contributed by atoms with Gasteiger partial charge < -0.3 is 4.90 Å². The molecule has 4 rings (SSSR count). The average Bonchev–Trinajstić information content (AvgIpc) is 2.84. The van der Waals surface area contributed by atoms with E-state index >= 15 is 0 Å². The highest BCUT2D eigenvalue weighted by molar-refractivity contribution is 7.89. The van der Waals surface area contributed by atoms with Crippen molar-refractivity contribution in [3.8, 4) is 0 Å². The van der Waals surface area contributed by atoms with Gasteiger partial charge in [0.1, 0.15) is 6.04 Å². The quantitative estimate of drug-likeness (QED) is 0.615. The van der Waals surface area contributed by atoms with Crippen molar-refractivity contribution >= 4 is 26.0 Å². The first-order valence-electron chi connectivity index (χ1n) is 11.2. The van der Waals surface area contributed by atoms with Gasteiger partial charge in [0.2, 0.25) is 26.0 Å². The zero-order valence-corrected chi connectivity index (χ0v) is 20.0. The Morgan fingerprint density at radius 1 is 0.788 bits per heavy atom. The predicted molar refractivity (Wildman–Crippen MR) is 125 cm³/mol. The fourth-order valence-corrected chi connectivity index (χ4v) is 7.63. The van der Waals surface area contributed by atoms with Gasteiger partial charge in [0.05, 0.1) is 10.6 Å². The maximum atomic E-state index is 13.3. The van der Waals surface area contributed by atoms with Crippen molar-refractivity contribution < 1.29 is 21.6 Å². The molecule has 33 heavy (non-hydrogen) atoms. The summed E-state index contributed by atoms with van der Waals surface area (Å²) in [7, 11) is -7.28. The lowest BCUT2D eigenvalue weighted by Gasteiger charge is -2.40. The molecule has 2 aromatic carbocycles. The number of benzene rings is 2. The molecule has 0 bridgehead atoms. The maximum Gasteiger partial charge on any atom is 0.243 e. The number of rotatable bonds is 6. The number of hydrogen-bond acceptors (Lipinski definition) is 5. The van der Waals surface area contributed by atoms with E-state index in [0.717, 1.165) is 12.0 Å². The smallest absolute Gasteiger partial charge is 0.243 e. The van der Waals surface area contributed by atoms with E-state index in [2.05, 4.69) is 0 Å². The topological polar surface area (TPSA) is 95.1 Å². The number of sulfonamides is 2. The van der Waals surface area contributed by atoms with Crippen LogP contribution in [-0.2, 0) is 30.6 Å². The molecule has 0 saturated carbocycles. The summed E-state index contributed by atoms with van der Waals surface area (Å²) in [6, 6.07) is 16.4. The molecule has 2 aliphatic heterocycles. The first-order valence-corrected chi connectivity index (χ1v) is 14.2. The Morgan fingerprint density at radius 2 is 1.39 bits per heavy atom. The van der Waals surface area contributed by atoms with Gasteiger partial charge in [0, 0.05) is 32.7 Å². The van der Waals surface area contributed by atoms with Gasteiger partial charge in [-0.3, -0.25) is 4.79 Å². The van der Waals surface area contributed by atoms with Crippen LogP contribution in [0.25, 0.3) is 0 Å². The van der Waals surface area contributed by atoms with Crippen LogP contribution in [0.2, 0.25) is 0 Å². The lowest BCUT2D eigenvalue weighted by Crippen LogP contribution is -2.57. The van der Waals surface area contributed by atoms with E-state index < -0.39 is 26.1 Å². The third-order valence-corrected chi connectivity index (χ3v) is 10.00. The molecule has 0 N–H and O–H groups in total. The van der Waals surface area contributed by atoms with Crippen molar-refractivity contribution in [2.24, 2.45) is 0 Å². The van der Waals surface area contributed by atoms with Crippen LogP contribution in [0.1, 0.15) is 24.8 Å². The summed E-state index contributed by atoms with van der Waals surface area (Å²) >= 11 is 0. The van der Waals surface area contributed by atoms with Crippen molar-refractivity contribution in [2.45, 2.75) is 36.0 Å². The van der Waals surface area contributed by atoms with Crippen molar-refractivity contribution in [1.29, 1.82) is 0 Å². The fourth-order valence-electron chi connectivity index (χ4n) is 4.44. The van der Waals surface area contributed by atoms with Crippen LogP contribution in [-0.4, -0.2) is 75.0 Å². The normalized spacial score (nSPS) is 21.1. The molecule has 2 aromatic rings. The Hall–Kier alpha value is -2.27. The number of nitrogens with zero attached hydrogens (tertiary/aromatic N) is 3. The highest BCUT2D eigenvalue weighted by atomic mass is 32.2. The van der Waals surface area contributed by atoms with Gasteiger partial charge in [-0.15, -0.1) is 0 Å². The first-order chi connectivity index (χ1) is 15.8. The van der Waals surface area contributed by atoms with Crippen molar-refractivity contribution in [2.75, 3.05) is 32.7 Å². The van der Waals surface area contributed by atoms with E-state index in [1.807, 2.05) is 6.07 Å². The van der Waals surface area contributed by atoms with Crippen molar-refractivity contribution in [3.63, 3.8) is 0 Å². The number of amides is 1. The van der Waals surface area contributed by atoms with Gasteiger partial charge in [-0.05, 0) is 30.5 Å². The summed E-state index contributed by atoms with van der Waals surface area (Å²) in [5.74, 6) is -0.317. The Morgan fingerprint density at radius 3 is 2.03 bits per heavy atom. The largest absolute Gasteiger partial charge is 0.339 e. The van der Waals surface area contributed by atoms with E-state index in [1.54, 1.807) is 59.5 Å². The number of hydrogen-bond donors (Lipinski definition) is 0. The number of carbonyl (C=O) groups excluding carboxylic acids is 1. The van der Waals surface area contributed by atoms with Gasteiger partial charge in [-0.2, -0.15) is 8.61 Å². The maximum absolute atomic E-state index is 13.3. The zero-order valence-electron chi connectivity index (χ0n) is 18.4. The minimum atomic E-state index is -3.78. The minimum Gasteiger partial charge on any atom is -0.339 e. The molecular formula is C23H29N3O5S2. The summed E-state index contributed by atoms with van der Waals surface area (Å²) in [6.07, 6.45) is 1.96. The summed E-state index contributed by atoms with van der Waals surface area (Å²) < 4.78 is 54.8. The molecule has 0 spiro atoms. The summed E-state index contributed by atoms with van der Waals surface area (Å²) in [5, 5.41) is 0. The molecule has 0 aliphatic carbocycles. The van der Waals surface area contributed by atoms with Crippen LogP contribution in [0.3, 0.4) is 0 Å². The SMILES string of the molecule is O=C(C1CCCCN1S(=O)(=O)c1ccccc1)N1CCN(S(=O)(=O)Cc2ccccc2)CC1. The summed E-state index contributed by atoms with van der Waals surface area (Å²) in [5.41, 5.74) is 0.722. The molecular weight excluding hydrogens is 462 g/mol. The van der Waals surface area contributed by atoms with Crippen molar-refractivity contribution in [3.05, 3.63) is 66.2 Å². The van der Waals surface area contributed by atoms with E-state index in [4.69, 9.17) is 0 Å². The molecule has 2 heterocycles. The predicted octanol–water partition coefficient (Wildman–Crippen LogP) is 1.90. The molecule has 2 aliphatic rings. The van der Waals surface area contributed by atoms with Gasteiger partial charge in [-0.25, -0.2) is 16.8 Å². The van der Waals surface area contributed by atoms with Crippen LogP contribution in [0.4, 0.5) is 0 Å². The Balaban J connectivity index is 1.43. The number of carbonyl (C=O) groups is 1. The average molecular weight is 492 g/mol. The second-order valence-electron chi connectivity index (χ2n) is 8.41. The first kappa shape index (κ1) is 23.9. The molecule has 1 atom stereocenters. The summed E-state index contributed by atoms with van der Waals surface area (Å²) in [4.78, 5) is 15.1. The lowest BCUT2D eigenvalue weighted by atomic mass is 10.0. The highest BCUT2D eigenvalue weighted by Crippen LogP contribution is 2.27. The van der Waals surface area contributed by atoms with Crippen LogP contribution in [0.5, 0.6) is 0 Å². The molecule has 8 nitrogen and oxygen atoms in total. The van der Waals surface area contributed by atoms with Crippen LogP contribution in [0.15, 0.2) is 65.6 Å². The Bertz CT molecular complexity index is 1160. The zero-order chi connectivity index (χ0) is 23.5. The molecule has 10 heteroatoms. The van der Waals surface area contributed by atoms with Crippen LogP contribution < -0.4 is 0 Å². The monoisotopic (exact) mass is 491 g/mol. The molecule has 0 radical (unpaired) electrons. The second kappa shape index (κ2) is 9.92. The van der Waals surface area contributed by atoms with Crippen molar-refractivity contribution in [1.82, 2.24) is 13.5 Å². The standard InChI is InChI=1S/C23H29N3O5S2/c27-23(22-13-7-8-14-26(22)33(30,31)21-11-5-2-6-12-21)24-15-17-25(18-16-24)32(28,29)19-20-9-3-1-4-10-20/h1-6,9-12,22H,7-8,13-19H2. The third kappa shape index (κ3) is 5.29. The molecule has 178 valence electrons. The molecule has 0 aromatic heterocycles. The number of piperazine rings is 1. The van der Waals surface area contributed by atoms with Gasteiger partial charge in [0.25, 0.3) is 0 Å². The molecule has 1 amide bonds. The second-order valence-corrected chi connectivity index (χ2v) is 12.3. The number of piperidine rings is 1. The third-order valence-electron chi connectivity index (χ3n) is 6.22. The Labute approximate surface area is 195 Å². The van der Waals surface area contributed by atoms with Gasteiger partial charge >= 0.3 is 0 Å². The molecule has 2 fully saturated rings. The van der Waals surface area contributed by atoms with E-state index in [9.17, 15) is 21.6 Å². The fraction of sp³-hybridized carbons (Fsp3) is 0.435. The summed E-state index contributed by atoms with van der Waals surface area (Å²) in [6.45, 7) is 1.22. The van der Waals surface area contributed by atoms with Gasteiger partial charge in [0.15, 0.2) is 0 Å². The van der Waals surface area contributed by atoms with E-state index in [0.29, 0.717) is 19.4 Å². The van der Waals surface area contributed by atoms with Crippen LogP contribution in [0, 0.1) is 0 Å². The van der Waals surface area contributed by atoms with E-state index in [1.165, 1.54) is 8.61 Å². The lowest BCUT2D eigenvalue weighted by molar-refractivity contribution is -0.137. The minimum absolute atomic E-state index is 0.0759. The Kier molecular flexibility index (Phi) is 7.18. The van der Waals surface area contributed by atoms with Gasteiger partial charge in [-0.1, -0.05) is 55.0 Å². The van der Waals surface area contributed by atoms with Crippen LogP contribution >= 0.6 is 0 Å². The molecule has 2 saturated heterocycles. The molecule has 1 unspecified atom stereocenters. The van der Waals surface area contributed by atoms with E-state index in [-0.39, 0.29) is 42.7 Å². The highest BCUT2D eigenvalue weighted by Gasteiger charge is 2.40.